The minimum atomic E-state index is 1.07. The van der Waals surface area contributed by atoms with Crippen molar-refractivity contribution in [3.05, 3.63) is 59.8 Å². The number of pyridine rings is 1. The van der Waals surface area contributed by atoms with Crippen molar-refractivity contribution >= 4 is 5.57 Å². The van der Waals surface area contributed by atoms with Crippen LogP contribution in [-0.2, 0) is 0 Å². The van der Waals surface area contributed by atoms with Crippen molar-refractivity contribution in [2.75, 3.05) is 0 Å². The molecule has 0 saturated carbocycles. The molecule has 0 amide bonds. The molecule has 0 unspecified atom stereocenters. The summed E-state index contributed by atoms with van der Waals surface area (Å²) in [5.41, 5.74) is 6.04. The van der Waals surface area contributed by atoms with Crippen LogP contribution in [0, 0.1) is 6.92 Å². The van der Waals surface area contributed by atoms with Gasteiger partial charge in [-0.2, -0.15) is 0 Å². The minimum absolute atomic E-state index is 1.07. The summed E-state index contributed by atoms with van der Waals surface area (Å²) in [4.78, 5) is 4.50. The SMILES string of the molecule is C/C=C(\C)c1ccccc1-c1ncccc1C. The summed E-state index contributed by atoms with van der Waals surface area (Å²) in [6.45, 7) is 6.30. The van der Waals surface area contributed by atoms with Gasteiger partial charge in [-0.15, -0.1) is 0 Å². The second kappa shape index (κ2) is 4.96. The molecule has 1 aromatic heterocycles. The van der Waals surface area contributed by atoms with Gasteiger partial charge in [0.05, 0.1) is 5.69 Å². The maximum Gasteiger partial charge on any atom is 0.0737 e. The van der Waals surface area contributed by atoms with Gasteiger partial charge in [-0.05, 0) is 43.5 Å². The Morgan fingerprint density at radius 3 is 2.59 bits per heavy atom. The van der Waals surface area contributed by atoms with Crippen LogP contribution in [0.15, 0.2) is 48.7 Å². The summed E-state index contributed by atoms with van der Waals surface area (Å²) in [7, 11) is 0. The molecule has 1 heteroatoms. The molecule has 2 rings (SSSR count). The van der Waals surface area contributed by atoms with E-state index in [1.807, 2.05) is 12.3 Å². The smallest absolute Gasteiger partial charge is 0.0737 e. The second-order valence-electron chi connectivity index (χ2n) is 4.19. The number of hydrogen-bond acceptors (Lipinski definition) is 1. The summed E-state index contributed by atoms with van der Waals surface area (Å²) >= 11 is 0. The molecule has 0 aliphatic rings. The number of rotatable bonds is 2. The molecule has 86 valence electrons. The van der Waals surface area contributed by atoms with Gasteiger partial charge < -0.3 is 0 Å². The highest BCUT2D eigenvalue weighted by molar-refractivity contribution is 5.80. The van der Waals surface area contributed by atoms with Crippen LogP contribution < -0.4 is 0 Å². The van der Waals surface area contributed by atoms with Crippen molar-refractivity contribution in [1.29, 1.82) is 0 Å². The Morgan fingerprint density at radius 2 is 1.88 bits per heavy atom. The average molecular weight is 223 g/mol. The van der Waals surface area contributed by atoms with E-state index in [9.17, 15) is 0 Å². The highest BCUT2D eigenvalue weighted by Gasteiger charge is 2.08. The molecule has 0 spiro atoms. The molecule has 2 aromatic rings. The zero-order chi connectivity index (χ0) is 12.3. The van der Waals surface area contributed by atoms with Gasteiger partial charge in [0, 0.05) is 11.8 Å². The third-order valence-corrected chi connectivity index (χ3v) is 3.05. The van der Waals surface area contributed by atoms with Gasteiger partial charge in [-0.3, -0.25) is 4.98 Å². The molecule has 17 heavy (non-hydrogen) atoms. The van der Waals surface area contributed by atoms with Crippen molar-refractivity contribution in [2.24, 2.45) is 0 Å². The van der Waals surface area contributed by atoms with Crippen LogP contribution in [0.1, 0.15) is 25.0 Å². The van der Waals surface area contributed by atoms with Crippen LogP contribution >= 0.6 is 0 Å². The van der Waals surface area contributed by atoms with Crippen molar-refractivity contribution < 1.29 is 0 Å². The van der Waals surface area contributed by atoms with E-state index in [1.165, 1.54) is 22.3 Å². The maximum absolute atomic E-state index is 4.50. The Morgan fingerprint density at radius 1 is 1.12 bits per heavy atom. The van der Waals surface area contributed by atoms with Gasteiger partial charge in [0.1, 0.15) is 0 Å². The third-order valence-electron chi connectivity index (χ3n) is 3.05. The summed E-state index contributed by atoms with van der Waals surface area (Å²) in [5.74, 6) is 0. The Balaban J connectivity index is 2.65. The fraction of sp³-hybridized carbons (Fsp3) is 0.188. The van der Waals surface area contributed by atoms with Crippen LogP contribution in [0.3, 0.4) is 0 Å². The number of nitrogens with zero attached hydrogens (tertiary/aromatic N) is 1. The van der Waals surface area contributed by atoms with E-state index in [2.05, 4.69) is 62.2 Å². The van der Waals surface area contributed by atoms with Crippen LogP contribution in [0.4, 0.5) is 0 Å². The first kappa shape index (κ1) is 11.6. The summed E-state index contributed by atoms with van der Waals surface area (Å²) in [6, 6.07) is 12.5. The lowest BCUT2D eigenvalue weighted by Gasteiger charge is -2.11. The quantitative estimate of drug-likeness (QED) is 0.731. The Bertz CT molecular complexity index is 553. The molecule has 0 N–H and O–H groups in total. The zero-order valence-electron chi connectivity index (χ0n) is 10.6. The highest BCUT2D eigenvalue weighted by atomic mass is 14.7. The number of hydrogen-bond donors (Lipinski definition) is 0. The van der Waals surface area contributed by atoms with E-state index < -0.39 is 0 Å². The first-order valence-electron chi connectivity index (χ1n) is 5.88. The molecule has 1 nitrogen and oxygen atoms in total. The topological polar surface area (TPSA) is 12.9 Å². The number of allylic oxidation sites excluding steroid dienone is 2. The number of benzene rings is 1. The normalized spacial score (nSPS) is 11.6. The minimum Gasteiger partial charge on any atom is -0.256 e. The molecule has 0 aliphatic heterocycles. The zero-order valence-corrected chi connectivity index (χ0v) is 10.6. The van der Waals surface area contributed by atoms with E-state index in [0.717, 1.165) is 5.69 Å². The molecule has 0 fully saturated rings. The molecule has 1 heterocycles. The Kier molecular flexibility index (Phi) is 3.38. The number of aryl methyl sites for hydroxylation is 1. The molecular formula is C16H17N. The fourth-order valence-corrected chi connectivity index (χ4v) is 1.96. The van der Waals surface area contributed by atoms with Crippen molar-refractivity contribution in [2.45, 2.75) is 20.8 Å². The lowest BCUT2D eigenvalue weighted by Crippen LogP contribution is -1.92. The highest BCUT2D eigenvalue weighted by Crippen LogP contribution is 2.28. The van der Waals surface area contributed by atoms with Gasteiger partial charge in [-0.1, -0.05) is 36.4 Å². The van der Waals surface area contributed by atoms with Crippen LogP contribution in [0.2, 0.25) is 0 Å². The predicted molar refractivity (Wildman–Crippen MR) is 73.7 cm³/mol. The standard InChI is InChI=1S/C16H17N/c1-4-12(2)14-9-5-6-10-15(14)16-13(3)8-7-11-17-16/h4-11H,1-3H3/b12-4+. The van der Waals surface area contributed by atoms with Gasteiger partial charge in [0.25, 0.3) is 0 Å². The molecule has 0 saturated heterocycles. The van der Waals surface area contributed by atoms with Crippen LogP contribution in [0.5, 0.6) is 0 Å². The first-order valence-corrected chi connectivity index (χ1v) is 5.88. The maximum atomic E-state index is 4.50. The lowest BCUT2D eigenvalue weighted by molar-refractivity contribution is 1.26. The van der Waals surface area contributed by atoms with Crippen LogP contribution in [0.25, 0.3) is 16.8 Å². The van der Waals surface area contributed by atoms with Crippen molar-refractivity contribution in [3.63, 3.8) is 0 Å². The molecule has 0 bridgehead atoms. The molecular weight excluding hydrogens is 206 g/mol. The summed E-state index contributed by atoms with van der Waals surface area (Å²) < 4.78 is 0. The Labute approximate surface area is 103 Å². The summed E-state index contributed by atoms with van der Waals surface area (Å²) in [6.07, 6.45) is 3.99. The third kappa shape index (κ3) is 2.28. The Hall–Kier alpha value is -1.89. The summed E-state index contributed by atoms with van der Waals surface area (Å²) in [5, 5.41) is 0. The molecule has 1 aromatic carbocycles. The van der Waals surface area contributed by atoms with Gasteiger partial charge in [0.2, 0.25) is 0 Å². The first-order chi connectivity index (χ1) is 8.24. The number of aromatic nitrogens is 1. The fourth-order valence-electron chi connectivity index (χ4n) is 1.96. The van der Waals surface area contributed by atoms with Crippen LogP contribution in [-0.4, -0.2) is 4.98 Å². The predicted octanol–water partition coefficient (Wildman–Crippen LogP) is 4.48. The van der Waals surface area contributed by atoms with Gasteiger partial charge >= 0.3 is 0 Å². The van der Waals surface area contributed by atoms with E-state index in [1.54, 1.807) is 0 Å². The molecule has 0 radical (unpaired) electrons. The average Bonchev–Trinajstić information content (AvgIpc) is 2.38. The largest absolute Gasteiger partial charge is 0.256 e. The molecule has 0 atom stereocenters. The molecule has 0 aliphatic carbocycles. The second-order valence-corrected chi connectivity index (χ2v) is 4.19. The monoisotopic (exact) mass is 223 g/mol. The van der Waals surface area contributed by atoms with E-state index >= 15 is 0 Å². The van der Waals surface area contributed by atoms with Crippen molar-refractivity contribution in [3.8, 4) is 11.3 Å². The van der Waals surface area contributed by atoms with Gasteiger partial charge in [0.15, 0.2) is 0 Å². The van der Waals surface area contributed by atoms with Gasteiger partial charge in [-0.25, -0.2) is 0 Å². The lowest BCUT2D eigenvalue weighted by atomic mass is 9.96. The van der Waals surface area contributed by atoms with E-state index in [4.69, 9.17) is 0 Å². The van der Waals surface area contributed by atoms with E-state index in [-0.39, 0.29) is 0 Å². The van der Waals surface area contributed by atoms with Crippen molar-refractivity contribution in [1.82, 2.24) is 4.98 Å². The van der Waals surface area contributed by atoms with E-state index in [0.29, 0.717) is 0 Å².